The number of rotatable bonds is 5. The van der Waals surface area contributed by atoms with Gasteiger partial charge >= 0.3 is 0 Å². The Labute approximate surface area is 180 Å². The number of carbonyl (C=O) groups is 2. The molecule has 1 fully saturated rings. The Morgan fingerprint density at radius 3 is 2.33 bits per heavy atom. The van der Waals surface area contributed by atoms with Gasteiger partial charge in [0.1, 0.15) is 0 Å². The standard InChI is InChI=1S/C24H23N3O2S/c1-17-6-8-18(9-7-17)16-27-23(28)22(30-24(27)29)15-21-5-4-14-26(21)20-12-10-19(11-13-20)25(2)3/h4-15H,16H2,1-3H3/b22-15-. The summed E-state index contributed by atoms with van der Waals surface area (Å²) >= 11 is 0.991. The van der Waals surface area contributed by atoms with Gasteiger partial charge in [0.15, 0.2) is 0 Å². The summed E-state index contributed by atoms with van der Waals surface area (Å²) in [4.78, 5) is 29.1. The minimum Gasteiger partial charge on any atom is -0.378 e. The van der Waals surface area contributed by atoms with Crippen molar-refractivity contribution in [2.75, 3.05) is 19.0 Å². The van der Waals surface area contributed by atoms with E-state index in [9.17, 15) is 9.59 Å². The van der Waals surface area contributed by atoms with E-state index in [4.69, 9.17) is 0 Å². The monoisotopic (exact) mass is 417 g/mol. The third-order valence-corrected chi connectivity index (χ3v) is 5.95. The zero-order valence-corrected chi connectivity index (χ0v) is 18.0. The van der Waals surface area contributed by atoms with Crippen LogP contribution in [0.4, 0.5) is 10.5 Å². The molecule has 4 rings (SSSR count). The Morgan fingerprint density at radius 1 is 0.967 bits per heavy atom. The average molecular weight is 418 g/mol. The van der Waals surface area contributed by atoms with Gasteiger partial charge in [-0.15, -0.1) is 0 Å². The van der Waals surface area contributed by atoms with Crippen molar-refractivity contribution in [3.63, 3.8) is 0 Å². The maximum atomic E-state index is 12.9. The van der Waals surface area contributed by atoms with Gasteiger partial charge in [0.05, 0.1) is 11.4 Å². The van der Waals surface area contributed by atoms with Gasteiger partial charge in [-0.2, -0.15) is 0 Å². The Balaban J connectivity index is 1.57. The van der Waals surface area contributed by atoms with Crippen LogP contribution in [0.2, 0.25) is 0 Å². The zero-order valence-electron chi connectivity index (χ0n) is 17.2. The highest BCUT2D eigenvalue weighted by molar-refractivity contribution is 8.18. The first-order valence-corrected chi connectivity index (χ1v) is 10.5. The van der Waals surface area contributed by atoms with Crippen LogP contribution >= 0.6 is 11.8 Å². The number of benzene rings is 2. The minimum absolute atomic E-state index is 0.236. The van der Waals surface area contributed by atoms with Crippen LogP contribution in [0.25, 0.3) is 11.8 Å². The number of aromatic nitrogens is 1. The Hall–Kier alpha value is -3.25. The molecule has 1 aliphatic heterocycles. The first-order valence-electron chi connectivity index (χ1n) is 9.68. The molecular weight excluding hydrogens is 394 g/mol. The summed E-state index contributed by atoms with van der Waals surface area (Å²) < 4.78 is 2.01. The van der Waals surface area contributed by atoms with Crippen molar-refractivity contribution in [1.29, 1.82) is 0 Å². The van der Waals surface area contributed by atoms with Crippen LogP contribution in [0.15, 0.2) is 71.8 Å². The topological polar surface area (TPSA) is 45.6 Å². The predicted molar refractivity (Wildman–Crippen MR) is 123 cm³/mol. The lowest BCUT2D eigenvalue weighted by atomic mass is 10.1. The van der Waals surface area contributed by atoms with Crippen molar-refractivity contribution >= 4 is 34.7 Å². The van der Waals surface area contributed by atoms with E-state index in [1.165, 1.54) is 4.90 Å². The summed E-state index contributed by atoms with van der Waals surface area (Å²) in [5.74, 6) is -0.249. The zero-order chi connectivity index (χ0) is 21.3. The lowest BCUT2D eigenvalue weighted by Crippen LogP contribution is -2.27. The molecule has 0 saturated carbocycles. The number of imide groups is 1. The molecule has 2 aromatic carbocycles. The second-order valence-electron chi connectivity index (χ2n) is 7.47. The van der Waals surface area contributed by atoms with E-state index in [0.29, 0.717) is 4.91 Å². The molecule has 5 nitrogen and oxygen atoms in total. The van der Waals surface area contributed by atoms with E-state index in [1.807, 2.05) is 85.2 Å². The number of anilines is 1. The summed E-state index contributed by atoms with van der Waals surface area (Å²) in [7, 11) is 4.01. The molecule has 1 aromatic heterocycles. The number of aryl methyl sites for hydroxylation is 1. The summed E-state index contributed by atoms with van der Waals surface area (Å²) in [5.41, 5.74) is 5.05. The highest BCUT2D eigenvalue weighted by atomic mass is 32.2. The second-order valence-corrected chi connectivity index (χ2v) is 8.46. The first kappa shape index (κ1) is 20.0. The average Bonchev–Trinajstić information content (AvgIpc) is 3.30. The van der Waals surface area contributed by atoms with Crippen LogP contribution in [0.1, 0.15) is 16.8 Å². The molecule has 0 spiro atoms. The van der Waals surface area contributed by atoms with Crippen LogP contribution in [-0.4, -0.2) is 34.7 Å². The smallest absolute Gasteiger partial charge is 0.293 e. The fraction of sp³-hybridized carbons (Fsp3) is 0.167. The Kier molecular flexibility index (Phi) is 5.50. The van der Waals surface area contributed by atoms with Gasteiger partial charge in [0.2, 0.25) is 0 Å². The first-order chi connectivity index (χ1) is 14.4. The molecule has 30 heavy (non-hydrogen) atoms. The summed E-state index contributed by atoms with van der Waals surface area (Å²) in [6.45, 7) is 2.30. The van der Waals surface area contributed by atoms with Gasteiger partial charge in [0, 0.05) is 37.4 Å². The van der Waals surface area contributed by atoms with Gasteiger partial charge in [-0.05, 0) is 66.7 Å². The van der Waals surface area contributed by atoms with Crippen LogP contribution in [0.5, 0.6) is 0 Å². The Bertz CT molecular complexity index is 1110. The van der Waals surface area contributed by atoms with E-state index in [-0.39, 0.29) is 17.7 Å². The quantitative estimate of drug-likeness (QED) is 0.543. The number of carbonyl (C=O) groups excluding carboxylic acids is 2. The summed E-state index contributed by atoms with van der Waals surface area (Å²) in [6, 6.07) is 19.9. The predicted octanol–water partition coefficient (Wildman–Crippen LogP) is 5.09. The van der Waals surface area contributed by atoms with Gasteiger partial charge in [-0.3, -0.25) is 14.5 Å². The third-order valence-electron chi connectivity index (χ3n) is 5.04. The van der Waals surface area contributed by atoms with E-state index in [1.54, 1.807) is 6.08 Å². The van der Waals surface area contributed by atoms with E-state index >= 15 is 0 Å². The van der Waals surface area contributed by atoms with Crippen LogP contribution < -0.4 is 4.90 Å². The number of hydrogen-bond donors (Lipinski definition) is 0. The molecule has 1 saturated heterocycles. The van der Waals surface area contributed by atoms with Crippen molar-refractivity contribution in [3.8, 4) is 5.69 Å². The molecule has 0 N–H and O–H groups in total. The molecule has 6 heteroatoms. The lowest BCUT2D eigenvalue weighted by molar-refractivity contribution is -0.123. The molecule has 152 valence electrons. The minimum atomic E-state index is -0.249. The summed E-state index contributed by atoms with van der Waals surface area (Å²) in [5, 5.41) is -0.236. The molecule has 2 heterocycles. The molecule has 0 bridgehead atoms. The van der Waals surface area contributed by atoms with Crippen LogP contribution in [0.3, 0.4) is 0 Å². The molecule has 2 amide bonds. The molecule has 1 aliphatic rings. The largest absolute Gasteiger partial charge is 0.378 e. The molecular formula is C24H23N3O2S. The molecule has 3 aromatic rings. The molecule has 0 atom stereocenters. The maximum absolute atomic E-state index is 12.9. The third kappa shape index (κ3) is 4.04. The number of hydrogen-bond acceptors (Lipinski definition) is 4. The molecule has 0 aliphatic carbocycles. The van der Waals surface area contributed by atoms with Gasteiger partial charge < -0.3 is 9.47 Å². The highest BCUT2D eigenvalue weighted by Crippen LogP contribution is 2.33. The lowest BCUT2D eigenvalue weighted by Gasteiger charge is -2.14. The van der Waals surface area contributed by atoms with Crippen molar-refractivity contribution in [2.24, 2.45) is 0 Å². The van der Waals surface area contributed by atoms with E-state index in [0.717, 1.165) is 40.0 Å². The van der Waals surface area contributed by atoms with Gasteiger partial charge in [-0.1, -0.05) is 29.8 Å². The maximum Gasteiger partial charge on any atom is 0.293 e. The fourth-order valence-corrected chi connectivity index (χ4v) is 4.13. The van der Waals surface area contributed by atoms with Crippen molar-refractivity contribution in [1.82, 2.24) is 9.47 Å². The van der Waals surface area contributed by atoms with Crippen LogP contribution in [0, 0.1) is 6.92 Å². The Morgan fingerprint density at radius 2 is 1.67 bits per heavy atom. The van der Waals surface area contributed by atoms with Gasteiger partial charge in [0.25, 0.3) is 11.1 Å². The SMILES string of the molecule is Cc1ccc(CN2C(=O)S/C(=C\c3cccn3-c3ccc(N(C)C)cc3)C2=O)cc1. The second kappa shape index (κ2) is 8.24. The van der Waals surface area contributed by atoms with Crippen LogP contribution in [-0.2, 0) is 11.3 Å². The normalized spacial score (nSPS) is 15.3. The number of nitrogens with zero attached hydrogens (tertiary/aromatic N) is 3. The van der Waals surface area contributed by atoms with E-state index in [2.05, 4.69) is 12.1 Å². The highest BCUT2D eigenvalue weighted by Gasteiger charge is 2.35. The summed E-state index contributed by atoms with van der Waals surface area (Å²) in [6.07, 6.45) is 3.74. The van der Waals surface area contributed by atoms with Crippen molar-refractivity contribution in [3.05, 3.63) is 88.6 Å². The van der Waals surface area contributed by atoms with Crippen molar-refractivity contribution in [2.45, 2.75) is 13.5 Å². The van der Waals surface area contributed by atoms with E-state index < -0.39 is 0 Å². The number of amides is 2. The molecule has 0 unspecified atom stereocenters. The van der Waals surface area contributed by atoms with Crippen molar-refractivity contribution < 1.29 is 9.59 Å². The fourth-order valence-electron chi connectivity index (χ4n) is 3.30. The van der Waals surface area contributed by atoms with Gasteiger partial charge in [-0.25, -0.2) is 0 Å². The number of thioether (sulfide) groups is 1. The molecule has 0 radical (unpaired) electrons.